The Labute approximate surface area is 338 Å². The summed E-state index contributed by atoms with van der Waals surface area (Å²) in [7, 11) is 5.49. The Morgan fingerprint density at radius 1 is 0.982 bits per heavy atom. The van der Waals surface area contributed by atoms with Gasteiger partial charge in [0.2, 0.25) is 11.8 Å². The Morgan fingerprint density at radius 3 is 2.42 bits per heavy atom. The van der Waals surface area contributed by atoms with Gasteiger partial charge in [0.05, 0.1) is 43.6 Å². The molecule has 3 aliphatic carbocycles. The summed E-state index contributed by atoms with van der Waals surface area (Å²) in [5.74, 6) is 0.832. The molecule has 3 saturated carbocycles. The number of carbonyl (C=O) groups excluding carboxylic acids is 1. The number of hydrogen-bond acceptors (Lipinski definition) is 8. The van der Waals surface area contributed by atoms with E-state index in [1.54, 1.807) is 14.2 Å². The standard InChI is InChI=1S/C45H51ClN6O5/c1-28-33(7-5-8-34(28)38-13-11-29(42(50-38)57-4)23-47-24-32-12-14-41(53)49-32)35-9-6-10-39-36(35)25-48-52(39)27-30-22-40(56-3)31(21-37(30)46)26-51(2)45-18-15-44(16-19-45,17-20-45)43(54)55/h5-11,13,21-22,25,32,47H,12,14-20,23-24,26-27H2,1-4H3,(H,49,53)(H,54,55)/t32-,44?,45?/m0/s1. The highest BCUT2D eigenvalue weighted by atomic mass is 35.5. The lowest BCUT2D eigenvalue weighted by molar-refractivity contribution is -0.160. The Kier molecular flexibility index (Phi) is 10.7. The second-order valence-corrected chi connectivity index (χ2v) is 16.6. The van der Waals surface area contributed by atoms with Crippen LogP contribution in [0.2, 0.25) is 5.02 Å². The predicted octanol–water partition coefficient (Wildman–Crippen LogP) is 7.77. The second-order valence-electron chi connectivity index (χ2n) is 16.2. The molecule has 1 atom stereocenters. The molecule has 3 heterocycles. The number of pyridine rings is 1. The van der Waals surface area contributed by atoms with Gasteiger partial charge in [0.1, 0.15) is 5.75 Å². The molecule has 3 aromatic carbocycles. The number of aliphatic carboxylic acids is 1. The largest absolute Gasteiger partial charge is 0.496 e. The number of carboxylic acid groups (broad SMARTS) is 1. The third kappa shape index (κ3) is 7.37. The molecule has 2 aromatic heterocycles. The lowest BCUT2D eigenvalue weighted by atomic mass is 9.57. The zero-order valence-electron chi connectivity index (χ0n) is 33.2. The number of hydrogen-bond donors (Lipinski definition) is 3. The van der Waals surface area contributed by atoms with Crippen molar-refractivity contribution in [2.24, 2.45) is 5.41 Å². The number of nitrogens with one attached hydrogen (secondary N) is 2. The fourth-order valence-corrected chi connectivity index (χ4v) is 9.77. The molecule has 1 amide bonds. The van der Waals surface area contributed by atoms with Gasteiger partial charge in [-0.25, -0.2) is 4.98 Å². The van der Waals surface area contributed by atoms with E-state index < -0.39 is 11.4 Å². The molecule has 4 fully saturated rings. The van der Waals surface area contributed by atoms with Crippen molar-refractivity contribution in [3.05, 3.63) is 94.1 Å². The molecule has 5 aromatic rings. The van der Waals surface area contributed by atoms with Crippen LogP contribution in [-0.4, -0.2) is 76.0 Å². The minimum absolute atomic E-state index is 0.000122. The Balaban J connectivity index is 1.00. The number of methoxy groups -OCH3 is 2. The minimum atomic E-state index is -0.636. The summed E-state index contributed by atoms with van der Waals surface area (Å²) >= 11 is 7.02. The summed E-state index contributed by atoms with van der Waals surface area (Å²) in [5, 5.41) is 22.9. The molecule has 1 saturated heterocycles. The van der Waals surface area contributed by atoms with Gasteiger partial charge in [-0.15, -0.1) is 0 Å². The molecule has 57 heavy (non-hydrogen) atoms. The van der Waals surface area contributed by atoms with Crippen molar-refractivity contribution in [3.8, 4) is 34.0 Å². The van der Waals surface area contributed by atoms with Crippen LogP contribution >= 0.6 is 11.6 Å². The summed E-state index contributed by atoms with van der Waals surface area (Å²) in [6.07, 6.45) is 8.24. The van der Waals surface area contributed by atoms with Gasteiger partial charge in [0.15, 0.2) is 0 Å². The molecule has 9 rings (SSSR count). The van der Waals surface area contributed by atoms with Crippen LogP contribution in [-0.2, 0) is 29.2 Å². The van der Waals surface area contributed by atoms with Gasteiger partial charge in [-0.1, -0.05) is 48.0 Å². The lowest BCUT2D eigenvalue weighted by Crippen LogP contribution is -2.56. The fraction of sp³-hybridized carbons (Fsp3) is 0.422. The third-order valence-electron chi connectivity index (χ3n) is 13.2. The van der Waals surface area contributed by atoms with Crippen LogP contribution in [0.4, 0.5) is 0 Å². The zero-order valence-corrected chi connectivity index (χ0v) is 33.9. The third-order valence-corrected chi connectivity index (χ3v) is 13.5. The van der Waals surface area contributed by atoms with E-state index >= 15 is 0 Å². The maximum Gasteiger partial charge on any atom is 0.309 e. The molecule has 1 aliphatic heterocycles. The Morgan fingerprint density at radius 2 is 1.72 bits per heavy atom. The van der Waals surface area contributed by atoms with Gasteiger partial charge in [0, 0.05) is 64.7 Å². The number of rotatable bonds is 14. The van der Waals surface area contributed by atoms with E-state index in [4.69, 9.17) is 31.2 Å². The van der Waals surface area contributed by atoms with Crippen LogP contribution in [0.15, 0.2) is 66.9 Å². The first-order chi connectivity index (χ1) is 27.5. The zero-order chi connectivity index (χ0) is 39.9. The van der Waals surface area contributed by atoms with Crippen molar-refractivity contribution in [2.45, 2.75) is 89.5 Å². The van der Waals surface area contributed by atoms with Gasteiger partial charge >= 0.3 is 5.97 Å². The number of aromatic nitrogens is 3. The van der Waals surface area contributed by atoms with Gasteiger partial charge < -0.3 is 25.2 Å². The first-order valence-electron chi connectivity index (χ1n) is 19.9. The summed E-state index contributed by atoms with van der Waals surface area (Å²) in [6, 6.07) is 20.9. The molecule has 0 radical (unpaired) electrons. The second kappa shape index (κ2) is 15.8. The number of carbonyl (C=O) groups is 2. The van der Waals surface area contributed by atoms with Crippen molar-refractivity contribution in [3.63, 3.8) is 0 Å². The summed E-state index contributed by atoms with van der Waals surface area (Å²) in [5.41, 5.74) is 8.47. The fourth-order valence-electron chi connectivity index (χ4n) is 9.53. The van der Waals surface area contributed by atoms with Crippen LogP contribution in [0.1, 0.15) is 73.6 Å². The van der Waals surface area contributed by atoms with Crippen molar-refractivity contribution in [2.75, 3.05) is 27.8 Å². The number of amides is 1. The maximum absolute atomic E-state index is 12.0. The van der Waals surface area contributed by atoms with Gasteiger partial charge in [-0.05, 0) is 105 Å². The Bertz CT molecular complexity index is 2320. The normalized spacial score (nSPS) is 21.6. The van der Waals surface area contributed by atoms with Crippen LogP contribution < -0.4 is 20.1 Å². The monoisotopic (exact) mass is 790 g/mol. The molecule has 4 aliphatic rings. The molecular formula is C45H51ClN6O5. The van der Waals surface area contributed by atoms with Gasteiger partial charge in [0.25, 0.3) is 0 Å². The van der Waals surface area contributed by atoms with Crippen LogP contribution in [0, 0.1) is 12.3 Å². The average molecular weight is 791 g/mol. The number of ether oxygens (including phenoxy) is 2. The molecule has 12 heteroatoms. The highest BCUT2D eigenvalue weighted by Crippen LogP contribution is 2.55. The topological polar surface area (TPSA) is 131 Å². The van der Waals surface area contributed by atoms with Crippen LogP contribution in [0.5, 0.6) is 11.6 Å². The van der Waals surface area contributed by atoms with E-state index in [0.29, 0.717) is 43.5 Å². The summed E-state index contributed by atoms with van der Waals surface area (Å²) in [4.78, 5) is 30.9. The number of fused-ring (bicyclic) bond motifs is 4. The highest BCUT2D eigenvalue weighted by Gasteiger charge is 2.54. The van der Waals surface area contributed by atoms with Crippen molar-refractivity contribution in [1.82, 2.24) is 30.3 Å². The van der Waals surface area contributed by atoms with Crippen LogP contribution in [0.25, 0.3) is 33.3 Å². The molecule has 0 unspecified atom stereocenters. The molecule has 2 bridgehead atoms. The lowest BCUT2D eigenvalue weighted by Gasteiger charge is -2.55. The number of nitrogens with zero attached hydrogens (tertiary/aromatic N) is 4. The maximum atomic E-state index is 12.0. The van der Waals surface area contributed by atoms with Crippen molar-refractivity contribution < 1.29 is 24.2 Å². The van der Waals surface area contributed by atoms with E-state index in [1.165, 1.54) is 0 Å². The van der Waals surface area contributed by atoms with E-state index in [-0.39, 0.29) is 17.5 Å². The predicted molar refractivity (Wildman–Crippen MR) is 222 cm³/mol. The summed E-state index contributed by atoms with van der Waals surface area (Å²) in [6.45, 7) is 4.56. The first kappa shape index (κ1) is 38.9. The molecule has 298 valence electrons. The van der Waals surface area contributed by atoms with Crippen molar-refractivity contribution >= 4 is 34.4 Å². The minimum Gasteiger partial charge on any atom is -0.496 e. The molecule has 3 N–H and O–H groups in total. The van der Waals surface area contributed by atoms with Gasteiger partial charge in [-0.3, -0.25) is 19.2 Å². The van der Waals surface area contributed by atoms with E-state index in [0.717, 1.165) is 106 Å². The molecular weight excluding hydrogens is 740 g/mol. The van der Waals surface area contributed by atoms with Crippen molar-refractivity contribution in [1.29, 1.82) is 0 Å². The SMILES string of the molecule is COc1cc(Cn2ncc3c(-c4cccc(-c5ccc(CNC[C@@H]6CCC(=O)N6)c(OC)n5)c4C)cccc32)c(Cl)cc1CN(C)C12CCC(C(=O)O)(CC1)CC2. The number of carboxylic acids is 1. The molecule has 11 nitrogen and oxygen atoms in total. The van der Waals surface area contributed by atoms with Gasteiger partial charge in [-0.2, -0.15) is 5.10 Å². The van der Waals surface area contributed by atoms with Crippen LogP contribution in [0.3, 0.4) is 0 Å². The number of benzene rings is 3. The van der Waals surface area contributed by atoms with E-state index in [1.807, 2.05) is 29.1 Å². The molecule has 0 spiro atoms. The Hall–Kier alpha value is -4.97. The van der Waals surface area contributed by atoms with E-state index in [9.17, 15) is 14.7 Å². The average Bonchev–Trinajstić information content (AvgIpc) is 3.85. The quantitative estimate of drug-likeness (QED) is 0.103. The summed E-state index contributed by atoms with van der Waals surface area (Å²) < 4.78 is 13.7. The smallest absolute Gasteiger partial charge is 0.309 e. The number of halogens is 1. The first-order valence-corrected chi connectivity index (χ1v) is 20.3. The van der Waals surface area contributed by atoms with E-state index in [2.05, 4.69) is 72.0 Å². The highest BCUT2D eigenvalue weighted by molar-refractivity contribution is 6.31.